The highest BCUT2D eigenvalue weighted by Gasteiger charge is 2.37. The summed E-state index contributed by atoms with van der Waals surface area (Å²) in [5.41, 5.74) is 8.36. The predicted molar refractivity (Wildman–Crippen MR) is 80.6 cm³/mol. The van der Waals surface area contributed by atoms with Gasteiger partial charge in [0.15, 0.2) is 0 Å². The molecule has 1 amide bonds. The van der Waals surface area contributed by atoms with Crippen molar-refractivity contribution in [3.05, 3.63) is 53.1 Å². The van der Waals surface area contributed by atoms with E-state index in [1.165, 1.54) is 12.1 Å². The van der Waals surface area contributed by atoms with E-state index in [9.17, 15) is 9.18 Å². The zero-order chi connectivity index (χ0) is 15.9. The number of benzene rings is 1. The van der Waals surface area contributed by atoms with Gasteiger partial charge in [0.2, 0.25) is 5.91 Å². The van der Waals surface area contributed by atoms with Crippen LogP contribution in [0, 0.1) is 19.7 Å². The maximum absolute atomic E-state index is 13.0. The number of aryl methyl sites for hydroxylation is 2. The van der Waals surface area contributed by atoms with E-state index in [0.717, 1.165) is 17.0 Å². The first-order valence-electron chi connectivity index (χ1n) is 7.27. The van der Waals surface area contributed by atoms with Gasteiger partial charge in [-0.3, -0.25) is 14.4 Å². The Morgan fingerprint density at radius 3 is 2.45 bits per heavy atom. The van der Waals surface area contributed by atoms with E-state index in [1.54, 1.807) is 12.1 Å². The Balaban J connectivity index is 1.75. The molecule has 0 unspecified atom stereocenters. The number of nitrogens with zero attached hydrogens (tertiary/aromatic N) is 3. The molecule has 0 radical (unpaired) electrons. The molecule has 0 bridgehead atoms. The maximum atomic E-state index is 13.0. The lowest BCUT2D eigenvalue weighted by molar-refractivity contribution is -0.126. The highest BCUT2D eigenvalue weighted by atomic mass is 19.1. The van der Waals surface area contributed by atoms with Crippen LogP contribution in [0.5, 0.6) is 0 Å². The van der Waals surface area contributed by atoms with Crippen LogP contribution in [0.2, 0.25) is 0 Å². The number of aromatic nitrogens is 2. The van der Waals surface area contributed by atoms with Crippen LogP contribution in [-0.4, -0.2) is 33.7 Å². The first kappa shape index (κ1) is 14.7. The molecule has 1 atom stereocenters. The molecular formula is C16H19FN4O. The lowest BCUT2D eigenvalue weighted by Gasteiger charge is -2.43. The highest BCUT2D eigenvalue weighted by Crippen LogP contribution is 2.31. The molecule has 2 aromatic rings. The number of carbonyl (C=O) groups excluding carboxylic acids is 1. The molecule has 0 spiro atoms. The fraction of sp³-hybridized carbons (Fsp3) is 0.375. The van der Waals surface area contributed by atoms with Crippen LogP contribution in [0.15, 0.2) is 30.3 Å². The van der Waals surface area contributed by atoms with Gasteiger partial charge in [-0.05, 0) is 37.6 Å². The maximum Gasteiger partial charge on any atom is 0.239 e. The summed E-state index contributed by atoms with van der Waals surface area (Å²) in [5, 5.41) is 4.48. The van der Waals surface area contributed by atoms with E-state index in [4.69, 9.17) is 5.73 Å². The summed E-state index contributed by atoms with van der Waals surface area (Å²) >= 11 is 0. The second-order valence-corrected chi connectivity index (χ2v) is 5.84. The second kappa shape index (κ2) is 5.53. The predicted octanol–water partition coefficient (Wildman–Crippen LogP) is 1.72. The SMILES string of the molecule is Cc1cc(C)n(C2CN([C@@H](C(N)=O)c3ccc(F)cc3)C2)n1. The van der Waals surface area contributed by atoms with E-state index >= 15 is 0 Å². The summed E-state index contributed by atoms with van der Waals surface area (Å²) in [4.78, 5) is 13.8. The van der Waals surface area contributed by atoms with Crippen molar-refractivity contribution in [2.45, 2.75) is 25.9 Å². The molecule has 1 aromatic carbocycles. The van der Waals surface area contributed by atoms with Crippen LogP contribution in [0.25, 0.3) is 0 Å². The number of likely N-dealkylation sites (tertiary alicyclic amines) is 1. The molecule has 1 saturated heterocycles. The Morgan fingerprint density at radius 2 is 1.95 bits per heavy atom. The third kappa shape index (κ3) is 2.62. The minimum Gasteiger partial charge on any atom is -0.368 e. The van der Waals surface area contributed by atoms with Crippen molar-refractivity contribution < 1.29 is 9.18 Å². The van der Waals surface area contributed by atoms with Gasteiger partial charge in [-0.2, -0.15) is 5.10 Å². The summed E-state index contributed by atoms with van der Waals surface area (Å²) in [6.45, 7) is 5.39. The smallest absolute Gasteiger partial charge is 0.239 e. The number of halogens is 1. The zero-order valence-electron chi connectivity index (χ0n) is 12.7. The van der Waals surface area contributed by atoms with E-state index in [2.05, 4.69) is 5.10 Å². The Kier molecular flexibility index (Phi) is 3.70. The first-order valence-corrected chi connectivity index (χ1v) is 7.27. The molecular weight excluding hydrogens is 283 g/mol. The summed E-state index contributed by atoms with van der Waals surface area (Å²) in [5.74, 6) is -0.741. The largest absolute Gasteiger partial charge is 0.368 e. The van der Waals surface area contributed by atoms with E-state index in [-0.39, 0.29) is 11.9 Å². The van der Waals surface area contributed by atoms with E-state index < -0.39 is 11.9 Å². The number of primary amides is 1. The summed E-state index contributed by atoms with van der Waals surface area (Å²) in [6.07, 6.45) is 0. The van der Waals surface area contributed by atoms with Gasteiger partial charge < -0.3 is 5.73 Å². The topological polar surface area (TPSA) is 64.2 Å². The summed E-state index contributed by atoms with van der Waals surface area (Å²) in [6, 6.07) is 7.69. The third-order valence-corrected chi connectivity index (χ3v) is 4.10. The molecule has 22 heavy (non-hydrogen) atoms. The molecule has 3 rings (SSSR count). The van der Waals surface area contributed by atoms with Gasteiger partial charge >= 0.3 is 0 Å². The van der Waals surface area contributed by atoms with E-state index in [0.29, 0.717) is 13.1 Å². The fourth-order valence-corrected chi connectivity index (χ4v) is 3.07. The monoisotopic (exact) mass is 302 g/mol. The van der Waals surface area contributed by atoms with Crippen LogP contribution >= 0.6 is 0 Å². The molecule has 1 aliphatic heterocycles. The van der Waals surface area contributed by atoms with Crippen molar-refractivity contribution >= 4 is 5.91 Å². The van der Waals surface area contributed by atoms with Crippen LogP contribution in [0.4, 0.5) is 4.39 Å². The number of nitrogens with two attached hydrogens (primary N) is 1. The fourth-order valence-electron chi connectivity index (χ4n) is 3.07. The van der Waals surface area contributed by atoms with Gasteiger partial charge in [-0.25, -0.2) is 4.39 Å². The second-order valence-electron chi connectivity index (χ2n) is 5.84. The molecule has 1 aromatic heterocycles. The normalized spacial score (nSPS) is 17.2. The van der Waals surface area contributed by atoms with Crippen molar-refractivity contribution in [2.24, 2.45) is 5.73 Å². The standard InChI is InChI=1S/C16H19FN4O/c1-10-7-11(2)21(19-10)14-8-20(9-14)15(16(18)22)12-3-5-13(17)6-4-12/h3-7,14-15H,8-9H2,1-2H3,(H2,18,22)/t15-/m1/s1. The molecule has 5 nitrogen and oxygen atoms in total. The van der Waals surface area contributed by atoms with Gasteiger partial charge in [0.05, 0.1) is 11.7 Å². The van der Waals surface area contributed by atoms with Gasteiger partial charge in [0, 0.05) is 18.8 Å². The van der Waals surface area contributed by atoms with Gasteiger partial charge in [0.1, 0.15) is 11.9 Å². The molecule has 116 valence electrons. The average Bonchev–Trinajstić information content (AvgIpc) is 2.73. The number of hydrogen-bond acceptors (Lipinski definition) is 3. The molecule has 0 aliphatic carbocycles. The van der Waals surface area contributed by atoms with Gasteiger partial charge in [-0.1, -0.05) is 12.1 Å². The molecule has 0 saturated carbocycles. The zero-order valence-corrected chi connectivity index (χ0v) is 12.7. The van der Waals surface area contributed by atoms with Gasteiger partial charge in [0.25, 0.3) is 0 Å². The Bertz CT molecular complexity index is 689. The van der Waals surface area contributed by atoms with Crippen molar-refractivity contribution in [1.29, 1.82) is 0 Å². The van der Waals surface area contributed by atoms with Gasteiger partial charge in [-0.15, -0.1) is 0 Å². The van der Waals surface area contributed by atoms with Crippen LogP contribution < -0.4 is 5.73 Å². The quantitative estimate of drug-likeness (QED) is 0.935. The minimum absolute atomic E-state index is 0.246. The Hall–Kier alpha value is -2.21. The van der Waals surface area contributed by atoms with Crippen molar-refractivity contribution in [1.82, 2.24) is 14.7 Å². The first-order chi connectivity index (χ1) is 10.5. The van der Waals surface area contributed by atoms with Crippen LogP contribution in [0.3, 0.4) is 0 Å². The lowest BCUT2D eigenvalue weighted by atomic mass is 9.98. The van der Waals surface area contributed by atoms with E-state index in [1.807, 2.05) is 29.5 Å². The molecule has 2 heterocycles. The number of hydrogen-bond donors (Lipinski definition) is 1. The van der Waals surface area contributed by atoms with Crippen molar-refractivity contribution in [3.8, 4) is 0 Å². The Morgan fingerprint density at radius 1 is 1.32 bits per heavy atom. The van der Waals surface area contributed by atoms with Crippen LogP contribution in [-0.2, 0) is 4.79 Å². The molecule has 1 aliphatic rings. The number of rotatable bonds is 4. The van der Waals surface area contributed by atoms with Crippen molar-refractivity contribution in [2.75, 3.05) is 13.1 Å². The lowest BCUT2D eigenvalue weighted by Crippen LogP contribution is -2.52. The molecule has 1 fully saturated rings. The minimum atomic E-state index is -0.520. The summed E-state index contributed by atoms with van der Waals surface area (Å²) < 4.78 is 15.0. The summed E-state index contributed by atoms with van der Waals surface area (Å²) in [7, 11) is 0. The number of carbonyl (C=O) groups is 1. The van der Waals surface area contributed by atoms with Crippen LogP contribution in [0.1, 0.15) is 29.0 Å². The molecule has 6 heteroatoms. The van der Waals surface area contributed by atoms with Crippen molar-refractivity contribution in [3.63, 3.8) is 0 Å². The number of amides is 1. The average molecular weight is 302 g/mol. The highest BCUT2D eigenvalue weighted by molar-refractivity contribution is 5.81. The molecule has 2 N–H and O–H groups in total. The Labute approximate surface area is 128 Å². The third-order valence-electron chi connectivity index (χ3n) is 4.10.